The predicted octanol–water partition coefficient (Wildman–Crippen LogP) is 1.57. The summed E-state index contributed by atoms with van der Waals surface area (Å²) >= 11 is 0. The lowest BCUT2D eigenvalue weighted by Crippen LogP contribution is -2.41. The highest BCUT2D eigenvalue weighted by molar-refractivity contribution is 6.21. The number of likely N-dealkylation sites (N-methyl/N-ethyl adjacent to an activating group) is 1. The molecule has 1 aliphatic heterocycles. The summed E-state index contributed by atoms with van der Waals surface area (Å²) in [6, 6.07) is 9.31. The maximum absolute atomic E-state index is 13.1. The number of benzene rings is 1. The summed E-state index contributed by atoms with van der Waals surface area (Å²) in [7, 11) is 0. The summed E-state index contributed by atoms with van der Waals surface area (Å²) in [5.41, 5.74) is 1.08. The summed E-state index contributed by atoms with van der Waals surface area (Å²) in [5.74, 6) is -1.63. The molecule has 0 spiro atoms. The van der Waals surface area contributed by atoms with Crippen molar-refractivity contribution in [3.05, 3.63) is 65.2 Å². The van der Waals surface area contributed by atoms with Crippen molar-refractivity contribution in [3.63, 3.8) is 0 Å². The SMILES string of the molecule is CCN(CCNC(=O)c1ccnc(F)c1)CCN1C(=O)c2ccccc2C1=O. The fourth-order valence-corrected chi connectivity index (χ4v) is 3.08. The molecule has 0 aliphatic carbocycles. The zero-order chi connectivity index (χ0) is 20.1. The summed E-state index contributed by atoms with van der Waals surface area (Å²) in [4.78, 5) is 43.5. The molecule has 146 valence electrons. The third-order valence-electron chi connectivity index (χ3n) is 4.67. The number of amides is 3. The van der Waals surface area contributed by atoms with E-state index in [2.05, 4.69) is 10.3 Å². The van der Waals surface area contributed by atoms with Gasteiger partial charge in [0.1, 0.15) is 0 Å². The highest BCUT2D eigenvalue weighted by Crippen LogP contribution is 2.21. The maximum Gasteiger partial charge on any atom is 0.261 e. The van der Waals surface area contributed by atoms with Crippen molar-refractivity contribution in [1.82, 2.24) is 20.1 Å². The first-order valence-electron chi connectivity index (χ1n) is 9.08. The lowest BCUT2D eigenvalue weighted by molar-refractivity contribution is 0.0637. The van der Waals surface area contributed by atoms with Crippen LogP contribution in [0, 0.1) is 5.95 Å². The minimum Gasteiger partial charge on any atom is -0.351 e. The van der Waals surface area contributed by atoms with Gasteiger partial charge < -0.3 is 10.2 Å². The van der Waals surface area contributed by atoms with E-state index in [4.69, 9.17) is 0 Å². The minimum absolute atomic E-state index is 0.210. The third kappa shape index (κ3) is 4.23. The molecule has 1 aliphatic rings. The molecule has 1 N–H and O–H groups in total. The van der Waals surface area contributed by atoms with Crippen LogP contribution in [-0.4, -0.2) is 65.2 Å². The number of hydrogen-bond acceptors (Lipinski definition) is 5. The third-order valence-corrected chi connectivity index (χ3v) is 4.67. The quantitative estimate of drug-likeness (QED) is 0.552. The Kier molecular flexibility index (Phi) is 6.10. The highest BCUT2D eigenvalue weighted by atomic mass is 19.1. The number of nitrogens with one attached hydrogen (secondary N) is 1. The van der Waals surface area contributed by atoms with Crippen LogP contribution in [-0.2, 0) is 0 Å². The van der Waals surface area contributed by atoms with Gasteiger partial charge in [-0.05, 0) is 24.7 Å². The Labute approximate surface area is 162 Å². The fourth-order valence-electron chi connectivity index (χ4n) is 3.08. The van der Waals surface area contributed by atoms with E-state index in [1.807, 2.05) is 11.8 Å². The number of fused-ring (bicyclic) bond motifs is 1. The van der Waals surface area contributed by atoms with E-state index in [1.54, 1.807) is 24.3 Å². The number of rotatable bonds is 8. The van der Waals surface area contributed by atoms with Crippen molar-refractivity contribution < 1.29 is 18.8 Å². The second kappa shape index (κ2) is 8.71. The van der Waals surface area contributed by atoms with Crippen molar-refractivity contribution in [2.24, 2.45) is 0 Å². The number of carbonyl (C=O) groups excluding carboxylic acids is 3. The molecule has 0 bridgehead atoms. The fraction of sp³-hybridized carbons (Fsp3) is 0.300. The van der Waals surface area contributed by atoms with Gasteiger partial charge in [0.2, 0.25) is 5.95 Å². The molecular weight excluding hydrogens is 363 g/mol. The number of aromatic nitrogens is 1. The van der Waals surface area contributed by atoms with Gasteiger partial charge in [0.15, 0.2) is 0 Å². The van der Waals surface area contributed by atoms with Gasteiger partial charge in [-0.3, -0.25) is 19.3 Å². The first-order chi connectivity index (χ1) is 13.5. The molecule has 0 saturated carbocycles. The molecule has 7 nitrogen and oxygen atoms in total. The number of imide groups is 1. The second-order valence-corrected chi connectivity index (χ2v) is 6.36. The topological polar surface area (TPSA) is 82.6 Å². The molecule has 0 unspecified atom stereocenters. The highest BCUT2D eigenvalue weighted by Gasteiger charge is 2.34. The predicted molar refractivity (Wildman–Crippen MR) is 100 cm³/mol. The van der Waals surface area contributed by atoms with Gasteiger partial charge in [0.05, 0.1) is 11.1 Å². The van der Waals surface area contributed by atoms with Crippen LogP contribution in [0.4, 0.5) is 4.39 Å². The molecule has 2 heterocycles. The first kappa shape index (κ1) is 19.6. The van der Waals surface area contributed by atoms with E-state index < -0.39 is 5.95 Å². The van der Waals surface area contributed by atoms with Gasteiger partial charge >= 0.3 is 0 Å². The molecule has 0 saturated heterocycles. The molecule has 0 atom stereocenters. The molecule has 28 heavy (non-hydrogen) atoms. The van der Waals surface area contributed by atoms with Crippen LogP contribution in [0.15, 0.2) is 42.6 Å². The molecule has 8 heteroatoms. The number of hydrogen-bond donors (Lipinski definition) is 1. The second-order valence-electron chi connectivity index (χ2n) is 6.36. The van der Waals surface area contributed by atoms with Gasteiger partial charge in [0, 0.05) is 44.0 Å². The Morgan fingerprint density at radius 2 is 1.82 bits per heavy atom. The zero-order valence-corrected chi connectivity index (χ0v) is 15.5. The number of halogens is 1. The van der Waals surface area contributed by atoms with E-state index >= 15 is 0 Å². The lowest BCUT2D eigenvalue weighted by atomic mass is 10.1. The van der Waals surface area contributed by atoms with E-state index in [0.29, 0.717) is 37.3 Å². The standard InChI is InChI=1S/C20H21FN4O3/c1-2-24(10-9-23-18(26)14-7-8-22-17(21)13-14)11-12-25-19(27)15-5-3-4-6-16(15)20(25)28/h3-8,13H,2,9-12H2,1H3,(H,23,26). The lowest BCUT2D eigenvalue weighted by Gasteiger charge is -2.23. The summed E-state index contributed by atoms with van der Waals surface area (Å²) in [6.45, 7) is 4.34. The average Bonchev–Trinajstić information content (AvgIpc) is 2.95. The van der Waals surface area contributed by atoms with Crippen LogP contribution < -0.4 is 5.32 Å². The van der Waals surface area contributed by atoms with E-state index in [-0.39, 0.29) is 29.8 Å². The van der Waals surface area contributed by atoms with Crippen molar-refractivity contribution in [2.45, 2.75) is 6.92 Å². The summed E-state index contributed by atoms with van der Waals surface area (Å²) < 4.78 is 13.1. The Bertz CT molecular complexity index is 868. The van der Waals surface area contributed by atoms with Gasteiger partial charge in [-0.2, -0.15) is 4.39 Å². The Morgan fingerprint density at radius 3 is 2.43 bits per heavy atom. The summed E-state index contributed by atoms with van der Waals surface area (Å²) in [5, 5.41) is 2.73. The van der Waals surface area contributed by atoms with Crippen LogP contribution in [0.25, 0.3) is 0 Å². The molecule has 1 aromatic heterocycles. The van der Waals surface area contributed by atoms with E-state index in [1.165, 1.54) is 17.2 Å². The van der Waals surface area contributed by atoms with Crippen LogP contribution in [0.1, 0.15) is 38.0 Å². The van der Waals surface area contributed by atoms with Crippen molar-refractivity contribution >= 4 is 17.7 Å². The van der Waals surface area contributed by atoms with E-state index in [9.17, 15) is 18.8 Å². The Balaban J connectivity index is 1.48. The molecule has 3 rings (SSSR count). The van der Waals surface area contributed by atoms with Crippen LogP contribution >= 0.6 is 0 Å². The average molecular weight is 384 g/mol. The zero-order valence-electron chi connectivity index (χ0n) is 15.5. The smallest absolute Gasteiger partial charge is 0.261 e. The first-order valence-corrected chi connectivity index (χ1v) is 9.08. The molecule has 0 radical (unpaired) electrons. The Morgan fingerprint density at radius 1 is 1.14 bits per heavy atom. The van der Waals surface area contributed by atoms with Gasteiger partial charge in [-0.15, -0.1) is 0 Å². The molecule has 2 aromatic rings. The Hall–Kier alpha value is -3.13. The maximum atomic E-state index is 13.1. The molecule has 3 amide bonds. The van der Waals surface area contributed by atoms with Gasteiger partial charge in [-0.25, -0.2) is 4.98 Å². The van der Waals surface area contributed by atoms with Crippen molar-refractivity contribution in [1.29, 1.82) is 0 Å². The number of pyridine rings is 1. The number of carbonyl (C=O) groups is 3. The largest absolute Gasteiger partial charge is 0.351 e. The number of nitrogens with zero attached hydrogens (tertiary/aromatic N) is 3. The van der Waals surface area contributed by atoms with Gasteiger partial charge in [-0.1, -0.05) is 19.1 Å². The molecule has 0 fully saturated rings. The van der Waals surface area contributed by atoms with E-state index in [0.717, 1.165) is 6.07 Å². The minimum atomic E-state index is -0.705. The van der Waals surface area contributed by atoms with Crippen molar-refractivity contribution in [2.75, 3.05) is 32.7 Å². The normalized spacial score (nSPS) is 13.2. The van der Waals surface area contributed by atoms with Crippen LogP contribution in [0.3, 0.4) is 0 Å². The molecule has 1 aromatic carbocycles. The van der Waals surface area contributed by atoms with Crippen LogP contribution in [0.2, 0.25) is 0 Å². The van der Waals surface area contributed by atoms with Crippen LogP contribution in [0.5, 0.6) is 0 Å². The van der Waals surface area contributed by atoms with Gasteiger partial charge in [0.25, 0.3) is 17.7 Å². The molecular formula is C20H21FN4O3. The van der Waals surface area contributed by atoms with Crippen molar-refractivity contribution in [3.8, 4) is 0 Å². The monoisotopic (exact) mass is 384 g/mol. The summed E-state index contributed by atoms with van der Waals surface area (Å²) in [6.07, 6.45) is 1.24.